The number of nitrogens with one attached hydrogen (secondary N) is 2. The largest absolute Gasteiger partial charge is 0.416 e. The molecule has 3 N–H and O–H groups in total. The molecule has 0 radical (unpaired) electrons. The fourth-order valence-corrected chi connectivity index (χ4v) is 4.60. The highest BCUT2D eigenvalue weighted by molar-refractivity contribution is 5.76. The lowest BCUT2D eigenvalue weighted by Gasteiger charge is -2.28. The van der Waals surface area contributed by atoms with Gasteiger partial charge in [0.1, 0.15) is 5.82 Å². The van der Waals surface area contributed by atoms with Crippen LogP contribution in [-0.2, 0) is 23.9 Å². The van der Waals surface area contributed by atoms with Crippen LogP contribution in [0.5, 0.6) is 0 Å². The van der Waals surface area contributed by atoms with Crippen LogP contribution in [0.15, 0.2) is 36.7 Å². The molecule has 196 valence electrons. The Balaban J connectivity index is 1.68. The van der Waals surface area contributed by atoms with E-state index in [9.17, 15) is 18.3 Å². The second kappa shape index (κ2) is 10.5. The van der Waals surface area contributed by atoms with Gasteiger partial charge in [-0.15, -0.1) is 5.10 Å². The summed E-state index contributed by atoms with van der Waals surface area (Å²) < 4.78 is 48.1. The number of fused-ring (bicyclic) bond motifs is 1. The summed E-state index contributed by atoms with van der Waals surface area (Å²) in [6.07, 6.45) is -0.871. The molecule has 4 heterocycles. The highest BCUT2D eigenvalue weighted by atomic mass is 19.4. The van der Waals surface area contributed by atoms with E-state index in [2.05, 4.69) is 20.2 Å². The van der Waals surface area contributed by atoms with Crippen molar-refractivity contribution in [2.45, 2.75) is 26.1 Å². The number of nitrogens with zero attached hydrogens (tertiary/aromatic N) is 5. The zero-order chi connectivity index (χ0) is 26.0. The fraction of sp³-hybridized carbons (Fsp3) is 0.400. The Morgan fingerprint density at radius 2 is 2.03 bits per heavy atom. The minimum Gasteiger partial charge on any atom is -0.395 e. The van der Waals surface area contributed by atoms with Gasteiger partial charge in [-0.2, -0.15) is 13.2 Å². The molecule has 1 aromatic carbocycles. The number of ether oxygens (including phenoxy) is 1. The number of anilines is 1. The van der Waals surface area contributed by atoms with Gasteiger partial charge in [-0.3, -0.25) is 0 Å². The predicted molar refractivity (Wildman–Crippen MR) is 131 cm³/mol. The molecule has 1 aliphatic rings. The Labute approximate surface area is 211 Å². The number of hydrogen-bond donors (Lipinski definition) is 3. The average Bonchev–Trinajstić information content (AvgIpc) is 3.53. The molecular weight excluding hydrogens is 487 g/mol. The molecule has 9 nitrogen and oxygen atoms in total. The predicted octanol–water partition coefficient (Wildman–Crippen LogP) is 2.96. The number of aromatic nitrogens is 5. The monoisotopic (exact) mass is 515 g/mol. The Bertz CT molecular complexity index is 1360. The van der Waals surface area contributed by atoms with Crippen LogP contribution in [0.2, 0.25) is 0 Å². The van der Waals surface area contributed by atoms with Crippen molar-refractivity contribution in [3.05, 3.63) is 64.7 Å². The van der Waals surface area contributed by atoms with Crippen molar-refractivity contribution in [3.8, 4) is 11.4 Å². The first-order chi connectivity index (χ1) is 17.9. The van der Waals surface area contributed by atoms with Crippen LogP contribution in [0.3, 0.4) is 0 Å². The number of aliphatic hydroxyl groups is 1. The van der Waals surface area contributed by atoms with Crippen molar-refractivity contribution >= 4 is 11.5 Å². The summed E-state index contributed by atoms with van der Waals surface area (Å²) in [7, 11) is 0. The van der Waals surface area contributed by atoms with Gasteiger partial charge in [0.05, 0.1) is 42.3 Å². The number of imidazole rings is 2. The second-order valence-electron chi connectivity index (χ2n) is 8.86. The number of halogens is 3. The van der Waals surface area contributed by atoms with E-state index in [4.69, 9.17) is 14.8 Å². The number of H-pyrrole nitrogens is 1. The summed E-state index contributed by atoms with van der Waals surface area (Å²) in [4.78, 5) is 14.5. The number of benzene rings is 1. The van der Waals surface area contributed by atoms with Gasteiger partial charge in [-0.1, -0.05) is 12.1 Å². The third-order valence-electron chi connectivity index (χ3n) is 6.53. The Kier molecular flexibility index (Phi) is 7.13. The van der Waals surface area contributed by atoms with E-state index in [1.54, 1.807) is 23.0 Å². The maximum Gasteiger partial charge on any atom is 0.416 e. The Morgan fingerprint density at radius 1 is 1.22 bits per heavy atom. The van der Waals surface area contributed by atoms with Gasteiger partial charge in [0, 0.05) is 45.0 Å². The zero-order valence-corrected chi connectivity index (χ0v) is 20.3. The number of aromatic amines is 1. The summed E-state index contributed by atoms with van der Waals surface area (Å²) in [5.41, 5.74) is 2.66. The summed E-state index contributed by atoms with van der Waals surface area (Å²) in [5, 5.41) is 17.3. The van der Waals surface area contributed by atoms with E-state index in [-0.39, 0.29) is 18.6 Å². The lowest BCUT2D eigenvalue weighted by molar-refractivity contribution is -0.138. The van der Waals surface area contributed by atoms with E-state index in [1.165, 1.54) is 13.0 Å². The van der Waals surface area contributed by atoms with Crippen LogP contribution in [0.25, 0.3) is 17.0 Å². The topological polar surface area (TPSA) is 104 Å². The molecule has 0 atom stereocenters. The molecule has 5 rings (SSSR count). The molecule has 4 aromatic rings. The molecule has 0 bridgehead atoms. The van der Waals surface area contributed by atoms with Gasteiger partial charge in [0.15, 0.2) is 11.5 Å². The van der Waals surface area contributed by atoms with Crippen LogP contribution in [0, 0.1) is 6.92 Å². The van der Waals surface area contributed by atoms with Gasteiger partial charge >= 0.3 is 6.18 Å². The molecule has 0 saturated carbocycles. The van der Waals surface area contributed by atoms with Crippen molar-refractivity contribution in [1.82, 2.24) is 29.9 Å². The maximum atomic E-state index is 13.6. The van der Waals surface area contributed by atoms with Crippen LogP contribution in [0.4, 0.5) is 19.0 Å². The standard InChI is InChI=1S/C25H28F3N7O2/c1-16-17(3-2-4-19(16)25(26,27)28)13-21-20(15-29-7-10-36)32-24-18(23-30-5-6-31-23)14-22(33-35(21)24)34-8-11-37-12-9-34/h2-6,14,29,36H,7-13,15H2,1H3,(H,30,31). The molecule has 37 heavy (non-hydrogen) atoms. The van der Waals surface area contributed by atoms with Crippen molar-refractivity contribution < 1.29 is 23.0 Å². The SMILES string of the molecule is Cc1c(Cc2c(CNCCO)nc3c(-c4ncc[nH]4)cc(N4CCOCC4)nn23)cccc1C(F)(F)F. The van der Waals surface area contributed by atoms with Crippen LogP contribution in [-0.4, -0.2) is 69.1 Å². The normalized spacial score (nSPS) is 14.6. The van der Waals surface area contributed by atoms with E-state index >= 15 is 0 Å². The van der Waals surface area contributed by atoms with Gasteiger partial charge in [0.2, 0.25) is 0 Å². The minimum atomic E-state index is -4.45. The summed E-state index contributed by atoms with van der Waals surface area (Å²) in [6, 6.07) is 6.16. The summed E-state index contributed by atoms with van der Waals surface area (Å²) in [6.45, 7) is 4.60. The first-order valence-electron chi connectivity index (χ1n) is 12.1. The molecule has 0 unspecified atom stereocenters. The molecule has 0 aliphatic carbocycles. The molecule has 1 fully saturated rings. The molecular formula is C25H28F3N7O2. The average molecular weight is 516 g/mol. The number of morpholine rings is 1. The lowest BCUT2D eigenvalue weighted by Crippen LogP contribution is -2.37. The van der Waals surface area contributed by atoms with E-state index in [0.717, 1.165) is 11.6 Å². The van der Waals surface area contributed by atoms with Gasteiger partial charge in [-0.25, -0.2) is 14.5 Å². The Hall–Kier alpha value is -3.48. The van der Waals surface area contributed by atoms with Crippen LogP contribution >= 0.6 is 0 Å². The third kappa shape index (κ3) is 5.17. The fourth-order valence-electron chi connectivity index (χ4n) is 4.60. The molecule has 3 aromatic heterocycles. The highest BCUT2D eigenvalue weighted by Crippen LogP contribution is 2.34. The molecule has 0 amide bonds. The van der Waals surface area contributed by atoms with Gasteiger partial charge in [-0.05, 0) is 30.2 Å². The first-order valence-corrected chi connectivity index (χ1v) is 12.1. The number of alkyl halides is 3. The quantitative estimate of drug-likeness (QED) is 0.310. The second-order valence-corrected chi connectivity index (χ2v) is 8.86. The van der Waals surface area contributed by atoms with E-state index in [0.29, 0.717) is 73.6 Å². The molecule has 0 spiro atoms. The summed E-state index contributed by atoms with van der Waals surface area (Å²) in [5.74, 6) is 1.32. The smallest absolute Gasteiger partial charge is 0.395 e. The summed E-state index contributed by atoms with van der Waals surface area (Å²) >= 11 is 0. The van der Waals surface area contributed by atoms with E-state index in [1.807, 2.05) is 6.07 Å². The maximum absolute atomic E-state index is 13.6. The molecule has 12 heteroatoms. The number of hydrogen-bond acceptors (Lipinski definition) is 7. The van der Waals surface area contributed by atoms with Crippen molar-refractivity contribution in [2.75, 3.05) is 44.4 Å². The number of rotatable bonds is 8. The van der Waals surface area contributed by atoms with Gasteiger partial charge < -0.3 is 25.0 Å². The van der Waals surface area contributed by atoms with Crippen molar-refractivity contribution in [1.29, 1.82) is 0 Å². The number of aliphatic hydroxyl groups excluding tert-OH is 1. The van der Waals surface area contributed by atoms with Crippen LogP contribution < -0.4 is 10.2 Å². The van der Waals surface area contributed by atoms with Crippen molar-refractivity contribution in [2.24, 2.45) is 0 Å². The first kappa shape index (κ1) is 25.2. The molecule has 1 saturated heterocycles. The zero-order valence-electron chi connectivity index (χ0n) is 20.3. The van der Waals surface area contributed by atoms with Crippen molar-refractivity contribution in [3.63, 3.8) is 0 Å². The highest BCUT2D eigenvalue weighted by Gasteiger charge is 2.33. The Morgan fingerprint density at radius 3 is 2.73 bits per heavy atom. The lowest BCUT2D eigenvalue weighted by atomic mass is 9.98. The minimum absolute atomic E-state index is 0.0491. The molecule has 1 aliphatic heterocycles. The van der Waals surface area contributed by atoms with E-state index < -0.39 is 11.7 Å². The van der Waals surface area contributed by atoms with Gasteiger partial charge in [0.25, 0.3) is 0 Å². The van der Waals surface area contributed by atoms with Crippen LogP contribution in [0.1, 0.15) is 28.1 Å². The third-order valence-corrected chi connectivity index (χ3v) is 6.53.